The third-order valence-electron chi connectivity index (χ3n) is 2.74. The molecule has 1 aromatic heterocycles. The van der Waals surface area contributed by atoms with Crippen LogP contribution in [0.1, 0.15) is 24.4 Å². The van der Waals surface area contributed by atoms with Crippen molar-refractivity contribution in [2.75, 3.05) is 11.9 Å². The molecule has 1 aromatic carbocycles. The summed E-state index contributed by atoms with van der Waals surface area (Å²) in [5, 5.41) is 3.36. The highest BCUT2D eigenvalue weighted by Gasteiger charge is 2.14. The summed E-state index contributed by atoms with van der Waals surface area (Å²) in [6.45, 7) is 2.09. The monoisotopic (exact) mass is 279 g/mol. The second kappa shape index (κ2) is 6.48. The molecule has 0 fully saturated rings. The molecule has 0 spiro atoms. The third-order valence-corrected chi connectivity index (χ3v) is 3.11. The van der Waals surface area contributed by atoms with E-state index in [1.54, 1.807) is 0 Å². The number of hydrogen-bond donors (Lipinski definition) is 1. The quantitative estimate of drug-likeness (QED) is 0.904. The van der Waals surface area contributed by atoms with E-state index in [9.17, 15) is 4.39 Å². The van der Waals surface area contributed by atoms with E-state index in [-0.39, 0.29) is 10.7 Å². The summed E-state index contributed by atoms with van der Waals surface area (Å²) >= 11 is 6.06. The number of hydrogen-bond acceptors (Lipinski definition) is 3. The summed E-state index contributed by atoms with van der Waals surface area (Å²) in [7, 11) is 0. The Morgan fingerprint density at radius 1 is 1.26 bits per heavy atom. The van der Waals surface area contributed by atoms with Crippen LogP contribution in [0, 0.1) is 0 Å². The third kappa shape index (κ3) is 3.64. The number of halogens is 2. The van der Waals surface area contributed by atoms with E-state index in [0.717, 1.165) is 6.42 Å². The predicted molar refractivity (Wildman–Crippen MR) is 75.2 cm³/mol. The first-order valence-electron chi connectivity index (χ1n) is 6.10. The Hall–Kier alpha value is -1.68. The molecule has 3 nitrogen and oxygen atoms in total. The molecule has 1 heterocycles. The minimum absolute atomic E-state index is 0.221. The maximum absolute atomic E-state index is 13.3. The van der Waals surface area contributed by atoms with Crippen molar-refractivity contribution in [3.05, 3.63) is 52.9 Å². The van der Waals surface area contributed by atoms with Gasteiger partial charge in [0.2, 0.25) is 0 Å². The minimum atomic E-state index is -1.20. The molecule has 0 aliphatic heterocycles. The average molecular weight is 280 g/mol. The van der Waals surface area contributed by atoms with Crippen molar-refractivity contribution in [3.63, 3.8) is 0 Å². The van der Waals surface area contributed by atoms with Gasteiger partial charge in [-0.05, 0) is 18.9 Å². The van der Waals surface area contributed by atoms with Crippen molar-refractivity contribution in [1.82, 2.24) is 9.97 Å². The summed E-state index contributed by atoms with van der Waals surface area (Å²) in [4.78, 5) is 7.88. The maximum Gasteiger partial charge on any atom is 0.148 e. The number of alkyl halides is 1. The van der Waals surface area contributed by atoms with Gasteiger partial charge in [0, 0.05) is 6.54 Å². The Morgan fingerprint density at radius 2 is 2.00 bits per heavy atom. The number of anilines is 1. The number of benzene rings is 1. The zero-order valence-electron chi connectivity index (χ0n) is 10.6. The lowest BCUT2D eigenvalue weighted by atomic mass is 10.1. The van der Waals surface area contributed by atoms with Crippen molar-refractivity contribution < 1.29 is 4.39 Å². The smallest absolute Gasteiger partial charge is 0.148 e. The Morgan fingerprint density at radius 3 is 2.68 bits per heavy atom. The molecule has 0 saturated carbocycles. The van der Waals surface area contributed by atoms with Crippen molar-refractivity contribution in [3.8, 4) is 0 Å². The van der Waals surface area contributed by atoms with Crippen molar-refractivity contribution in [2.45, 2.75) is 19.5 Å². The second-order valence-corrected chi connectivity index (χ2v) is 4.58. The highest BCUT2D eigenvalue weighted by atomic mass is 35.5. The number of nitrogens with zero attached hydrogens (tertiary/aromatic N) is 2. The van der Waals surface area contributed by atoms with Gasteiger partial charge >= 0.3 is 0 Å². The molecule has 0 aliphatic carbocycles. The van der Waals surface area contributed by atoms with E-state index in [0.29, 0.717) is 12.4 Å². The van der Waals surface area contributed by atoms with Gasteiger partial charge in [-0.1, -0.05) is 41.9 Å². The average Bonchev–Trinajstić information content (AvgIpc) is 2.41. The van der Waals surface area contributed by atoms with Crippen LogP contribution >= 0.6 is 11.6 Å². The molecule has 1 N–H and O–H groups in total. The molecule has 1 unspecified atom stereocenters. The van der Waals surface area contributed by atoms with Crippen LogP contribution in [0.15, 0.2) is 36.7 Å². The predicted octanol–water partition coefficient (Wildman–Crippen LogP) is 3.82. The Bertz CT molecular complexity index is 531. The van der Waals surface area contributed by atoms with Gasteiger partial charge in [-0.15, -0.1) is 0 Å². The summed E-state index contributed by atoms with van der Waals surface area (Å²) in [6.07, 6.45) is 0.967. The van der Waals surface area contributed by atoms with Gasteiger partial charge in [0.1, 0.15) is 23.3 Å². The molecule has 2 aromatic rings. The fourth-order valence-corrected chi connectivity index (χ4v) is 2.07. The van der Waals surface area contributed by atoms with E-state index >= 15 is 0 Å². The molecule has 100 valence electrons. The molecule has 1 atom stereocenters. The van der Waals surface area contributed by atoms with Crippen LogP contribution in [0.5, 0.6) is 0 Å². The Balaban J connectivity index is 1.98. The SMILES string of the molecule is CC(F)c1ncnc(NCCc2ccccc2)c1Cl. The molecule has 0 amide bonds. The van der Waals surface area contributed by atoms with Crippen LogP contribution in [0.3, 0.4) is 0 Å². The van der Waals surface area contributed by atoms with E-state index in [1.165, 1.54) is 18.8 Å². The van der Waals surface area contributed by atoms with Crippen molar-refractivity contribution in [2.24, 2.45) is 0 Å². The number of aromatic nitrogens is 2. The molecular weight excluding hydrogens is 265 g/mol. The van der Waals surface area contributed by atoms with Gasteiger partial charge in [-0.2, -0.15) is 0 Å². The standard InChI is InChI=1S/C14H15ClFN3/c1-10(16)13-12(15)14(19-9-18-13)17-8-7-11-5-3-2-4-6-11/h2-6,9-10H,7-8H2,1H3,(H,17,18,19). The maximum atomic E-state index is 13.3. The van der Waals surface area contributed by atoms with Gasteiger partial charge in [-0.3, -0.25) is 0 Å². The zero-order chi connectivity index (χ0) is 13.7. The van der Waals surface area contributed by atoms with Crippen LogP contribution in [0.4, 0.5) is 10.2 Å². The largest absolute Gasteiger partial charge is 0.368 e. The first-order chi connectivity index (χ1) is 9.18. The lowest BCUT2D eigenvalue weighted by Gasteiger charge is -2.10. The molecule has 0 radical (unpaired) electrons. The lowest BCUT2D eigenvalue weighted by Crippen LogP contribution is -2.08. The van der Waals surface area contributed by atoms with E-state index in [4.69, 9.17) is 11.6 Å². The Labute approximate surface area is 116 Å². The molecule has 0 aliphatic rings. The van der Waals surface area contributed by atoms with Gasteiger partial charge in [0.15, 0.2) is 0 Å². The van der Waals surface area contributed by atoms with Crippen LogP contribution < -0.4 is 5.32 Å². The van der Waals surface area contributed by atoms with Gasteiger partial charge in [0.25, 0.3) is 0 Å². The highest BCUT2D eigenvalue weighted by molar-refractivity contribution is 6.33. The fraction of sp³-hybridized carbons (Fsp3) is 0.286. The first kappa shape index (κ1) is 13.7. The number of rotatable bonds is 5. The normalized spacial score (nSPS) is 12.2. The topological polar surface area (TPSA) is 37.8 Å². The van der Waals surface area contributed by atoms with Crippen LogP contribution in [0.25, 0.3) is 0 Å². The van der Waals surface area contributed by atoms with Gasteiger partial charge < -0.3 is 5.32 Å². The van der Waals surface area contributed by atoms with Gasteiger partial charge in [0.05, 0.1) is 5.69 Å². The second-order valence-electron chi connectivity index (χ2n) is 4.20. The molecule has 19 heavy (non-hydrogen) atoms. The minimum Gasteiger partial charge on any atom is -0.368 e. The molecule has 0 bridgehead atoms. The Kier molecular flexibility index (Phi) is 4.68. The summed E-state index contributed by atoms with van der Waals surface area (Å²) in [5.41, 5.74) is 1.44. The van der Waals surface area contributed by atoms with Crippen molar-refractivity contribution in [1.29, 1.82) is 0 Å². The molecule has 0 saturated heterocycles. The van der Waals surface area contributed by atoms with Crippen LogP contribution in [-0.2, 0) is 6.42 Å². The summed E-state index contributed by atoms with van der Waals surface area (Å²) in [6, 6.07) is 10.1. The zero-order valence-corrected chi connectivity index (χ0v) is 11.4. The highest BCUT2D eigenvalue weighted by Crippen LogP contribution is 2.27. The number of nitrogens with one attached hydrogen (secondary N) is 1. The molecule has 2 rings (SSSR count). The van der Waals surface area contributed by atoms with Gasteiger partial charge in [-0.25, -0.2) is 14.4 Å². The fourth-order valence-electron chi connectivity index (χ4n) is 1.75. The van der Waals surface area contributed by atoms with Crippen molar-refractivity contribution >= 4 is 17.4 Å². The summed E-state index contributed by atoms with van der Waals surface area (Å²) < 4.78 is 13.3. The molecule has 5 heteroatoms. The van der Waals surface area contributed by atoms with Crippen LogP contribution in [-0.4, -0.2) is 16.5 Å². The van der Waals surface area contributed by atoms with Crippen LogP contribution in [0.2, 0.25) is 5.02 Å². The van der Waals surface area contributed by atoms with E-state index < -0.39 is 6.17 Å². The van der Waals surface area contributed by atoms with E-state index in [2.05, 4.69) is 27.4 Å². The lowest BCUT2D eigenvalue weighted by molar-refractivity contribution is 0.365. The first-order valence-corrected chi connectivity index (χ1v) is 6.48. The molecular formula is C14H15ClFN3. The van der Waals surface area contributed by atoms with E-state index in [1.807, 2.05) is 18.2 Å². The summed E-state index contributed by atoms with van der Waals surface area (Å²) in [5.74, 6) is 0.479.